The van der Waals surface area contributed by atoms with Crippen LogP contribution < -0.4 is 5.32 Å². The highest BCUT2D eigenvalue weighted by molar-refractivity contribution is 7.83. The van der Waals surface area contributed by atoms with Crippen LogP contribution in [0.5, 0.6) is 0 Å². The van der Waals surface area contributed by atoms with Crippen LogP contribution >= 0.6 is 0 Å². The van der Waals surface area contributed by atoms with Gasteiger partial charge in [0.25, 0.3) is 0 Å². The topological polar surface area (TPSA) is 29.1 Å². The summed E-state index contributed by atoms with van der Waals surface area (Å²) in [5, 5.41) is 3.71. The van der Waals surface area contributed by atoms with Crippen LogP contribution in [0.3, 0.4) is 0 Å². The van der Waals surface area contributed by atoms with Crippen molar-refractivity contribution < 1.29 is 4.21 Å². The van der Waals surface area contributed by atoms with Gasteiger partial charge in [0.05, 0.1) is 0 Å². The van der Waals surface area contributed by atoms with E-state index >= 15 is 0 Å². The van der Waals surface area contributed by atoms with Gasteiger partial charge in [-0.3, -0.25) is 4.21 Å². The van der Waals surface area contributed by atoms with Crippen molar-refractivity contribution in [1.82, 2.24) is 0 Å². The lowest BCUT2D eigenvalue weighted by Gasteiger charge is -2.30. The van der Waals surface area contributed by atoms with Crippen molar-refractivity contribution in [3.05, 3.63) is 29.8 Å². The maximum absolute atomic E-state index is 11.3. The Hall–Kier alpha value is -0.830. The minimum absolute atomic E-state index is 0.636. The molecular formula is C17H25NOS. The zero-order chi connectivity index (χ0) is 13.9. The molecule has 0 amide bonds. The second-order valence-electron chi connectivity index (χ2n) is 6.52. The van der Waals surface area contributed by atoms with Crippen LogP contribution in [0.4, 0.5) is 5.69 Å². The Labute approximate surface area is 124 Å². The summed E-state index contributed by atoms with van der Waals surface area (Å²) in [6, 6.07) is 9.09. The third-order valence-electron chi connectivity index (χ3n) is 4.67. The third-order valence-corrected chi connectivity index (χ3v) is 5.41. The molecule has 3 atom stereocenters. The van der Waals surface area contributed by atoms with Crippen LogP contribution in [0.25, 0.3) is 0 Å². The minimum atomic E-state index is -0.763. The van der Waals surface area contributed by atoms with Crippen molar-refractivity contribution in [2.24, 2.45) is 11.8 Å². The number of hydrogen-bond donors (Lipinski definition) is 1. The molecule has 2 nitrogen and oxygen atoms in total. The molecule has 0 heterocycles. The predicted molar refractivity (Wildman–Crippen MR) is 86.3 cm³/mol. The second-order valence-corrected chi connectivity index (χ2v) is 7.96. The van der Waals surface area contributed by atoms with Gasteiger partial charge in [0, 0.05) is 34.5 Å². The van der Waals surface area contributed by atoms with Gasteiger partial charge in [0.15, 0.2) is 0 Å². The predicted octanol–water partition coefficient (Wildman–Crippen LogP) is 3.95. The molecule has 2 saturated carbocycles. The largest absolute Gasteiger partial charge is 0.382 e. The summed E-state index contributed by atoms with van der Waals surface area (Å²) in [6.07, 6.45) is 10.2. The van der Waals surface area contributed by atoms with Crippen molar-refractivity contribution >= 4 is 16.5 Å². The van der Waals surface area contributed by atoms with Gasteiger partial charge in [-0.15, -0.1) is 0 Å². The number of hydrogen-bond acceptors (Lipinski definition) is 2. The Morgan fingerprint density at radius 3 is 2.80 bits per heavy atom. The van der Waals surface area contributed by atoms with Crippen LogP contribution in [0.1, 0.15) is 44.1 Å². The molecule has 0 spiro atoms. The molecule has 1 aromatic rings. The molecule has 0 saturated heterocycles. The minimum Gasteiger partial charge on any atom is -0.382 e. The number of nitrogens with one attached hydrogen (secondary N) is 1. The highest BCUT2D eigenvalue weighted by Crippen LogP contribution is 2.44. The SMILES string of the molecule is CS(=O)Cc1cccc(NC2CCCC(C3CC3)C2)c1. The first kappa shape index (κ1) is 14.1. The maximum Gasteiger partial charge on any atom is 0.0483 e. The fourth-order valence-electron chi connectivity index (χ4n) is 3.58. The van der Waals surface area contributed by atoms with E-state index in [1.165, 1.54) is 49.8 Å². The molecule has 3 rings (SSSR count). The highest BCUT2D eigenvalue weighted by Gasteiger charge is 2.34. The molecule has 2 fully saturated rings. The van der Waals surface area contributed by atoms with Crippen LogP contribution in [0, 0.1) is 11.8 Å². The Balaban J connectivity index is 1.60. The van der Waals surface area contributed by atoms with Gasteiger partial charge in [-0.2, -0.15) is 0 Å². The number of benzene rings is 1. The van der Waals surface area contributed by atoms with Crippen molar-refractivity contribution in [2.75, 3.05) is 11.6 Å². The standard InChI is InChI=1S/C17H25NOS/c1-20(19)12-13-4-2-6-16(10-13)18-17-7-3-5-15(11-17)14-8-9-14/h2,4,6,10,14-15,17-18H,3,5,7-9,11-12H2,1H3. The molecule has 1 aromatic carbocycles. The zero-order valence-corrected chi connectivity index (χ0v) is 13.1. The molecule has 0 bridgehead atoms. The van der Waals surface area contributed by atoms with Crippen LogP contribution in [0.2, 0.25) is 0 Å². The highest BCUT2D eigenvalue weighted by atomic mass is 32.2. The Morgan fingerprint density at radius 1 is 1.20 bits per heavy atom. The molecule has 0 aliphatic heterocycles. The van der Waals surface area contributed by atoms with Gasteiger partial charge in [0.2, 0.25) is 0 Å². The van der Waals surface area contributed by atoms with E-state index in [1.807, 2.05) is 0 Å². The summed E-state index contributed by atoms with van der Waals surface area (Å²) in [5.74, 6) is 2.66. The second kappa shape index (κ2) is 6.30. The first-order valence-corrected chi connectivity index (χ1v) is 9.59. The Bertz CT molecular complexity index is 484. The summed E-state index contributed by atoms with van der Waals surface area (Å²) in [6.45, 7) is 0. The summed E-state index contributed by atoms with van der Waals surface area (Å²) < 4.78 is 11.3. The lowest BCUT2D eigenvalue weighted by atomic mass is 9.82. The number of rotatable bonds is 5. The van der Waals surface area contributed by atoms with E-state index in [4.69, 9.17) is 0 Å². The average molecular weight is 291 g/mol. The monoisotopic (exact) mass is 291 g/mol. The normalized spacial score (nSPS) is 28.1. The van der Waals surface area contributed by atoms with Crippen molar-refractivity contribution in [1.29, 1.82) is 0 Å². The maximum atomic E-state index is 11.3. The molecule has 20 heavy (non-hydrogen) atoms. The van der Waals surface area contributed by atoms with Gasteiger partial charge in [-0.1, -0.05) is 25.0 Å². The van der Waals surface area contributed by atoms with Gasteiger partial charge >= 0.3 is 0 Å². The molecule has 2 aliphatic rings. The van der Waals surface area contributed by atoms with E-state index in [2.05, 4.69) is 29.6 Å². The van der Waals surface area contributed by atoms with Gasteiger partial charge in [0.1, 0.15) is 0 Å². The van der Waals surface area contributed by atoms with E-state index in [9.17, 15) is 4.21 Å². The van der Waals surface area contributed by atoms with Crippen LogP contribution in [-0.4, -0.2) is 16.5 Å². The Kier molecular flexibility index (Phi) is 4.45. The van der Waals surface area contributed by atoms with Crippen molar-refractivity contribution in [3.8, 4) is 0 Å². The quantitative estimate of drug-likeness (QED) is 0.890. The molecule has 2 aliphatic carbocycles. The van der Waals surface area contributed by atoms with Crippen LogP contribution in [0.15, 0.2) is 24.3 Å². The fraction of sp³-hybridized carbons (Fsp3) is 0.647. The van der Waals surface area contributed by atoms with Crippen molar-refractivity contribution in [3.63, 3.8) is 0 Å². The van der Waals surface area contributed by atoms with E-state index in [0.29, 0.717) is 11.8 Å². The lowest BCUT2D eigenvalue weighted by Crippen LogP contribution is -2.28. The molecular weight excluding hydrogens is 266 g/mol. The molecule has 3 heteroatoms. The van der Waals surface area contributed by atoms with Crippen molar-refractivity contribution in [2.45, 2.75) is 50.3 Å². The first-order valence-electron chi connectivity index (χ1n) is 7.86. The molecule has 0 aromatic heterocycles. The number of anilines is 1. The summed E-state index contributed by atoms with van der Waals surface area (Å²) in [7, 11) is -0.763. The Morgan fingerprint density at radius 2 is 2.05 bits per heavy atom. The van der Waals surface area contributed by atoms with E-state index < -0.39 is 10.8 Å². The lowest BCUT2D eigenvalue weighted by molar-refractivity contribution is 0.303. The van der Waals surface area contributed by atoms with E-state index in [-0.39, 0.29) is 0 Å². The van der Waals surface area contributed by atoms with Gasteiger partial charge in [-0.05, 0) is 55.2 Å². The van der Waals surface area contributed by atoms with E-state index in [1.54, 1.807) is 6.26 Å². The smallest absolute Gasteiger partial charge is 0.0483 e. The van der Waals surface area contributed by atoms with E-state index in [0.717, 1.165) is 11.8 Å². The first-order chi connectivity index (χ1) is 9.70. The van der Waals surface area contributed by atoms with Gasteiger partial charge < -0.3 is 5.32 Å². The molecule has 0 radical (unpaired) electrons. The molecule has 3 unspecified atom stereocenters. The fourth-order valence-corrected chi connectivity index (χ4v) is 4.22. The summed E-state index contributed by atoms with van der Waals surface area (Å²) in [5.41, 5.74) is 2.37. The zero-order valence-electron chi connectivity index (χ0n) is 12.3. The summed E-state index contributed by atoms with van der Waals surface area (Å²) in [4.78, 5) is 0. The third kappa shape index (κ3) is 3.85. The average Bonchev–Trinajstić information content (AvgIpc) is 3.23. The summed E-state index contributed by atoms with van der Waals surface area (Å²) >= 11 is 0. The van der Waals surface area contributed by atoms with Gasteiger partial charge in [-0.25, -0.2) is 0 Å². The molecule has 1 N–H and O–H groups in total. The van der Waals surface area contributed by atoms with Crippen LogP contribution in [-0.2, 0) is 16.6 Å². The molecule has 110 valence electrons.